The lowest BCUT2D eigenvalue weighted by Gasteiger charge is -2.07. The summed E-state index contributed by atoms with van der Waals surface area (Å²) in [6, 6.07) is 2.18. The molecule has 0 aliphatic carbocycles. The highest BCUT2D eigenvalue weighted by molar-refractivity contribution is 5.75. The summed E-state index contributed by atoms with van der Waals surface area (Å²) in [5.74, 6) is -2.49. The molecular weight excluding hydrogens is 289 g/mol. The predicted octanol–water partition coefficient (Wildman–Crippen LogP) is 2.11. The third-order valence-corrected chi connectivity index (χ3v) is 1.99. The van der Waals surface area contributed by atoms with Crippen molar-refractivity contribution in [3.63, 3.8) is 0 Å². The molecule has 0 aliphatic heterocycles. The van der Waals surface area contributed by atoms with Crippen molar-refractivity contribution in [1.82, 2.24) is 0 Å². The van der Waals surface area contributed by atoms with Crippen molar-refractivity contribution >= 4 is 17.3 Å². The van der Waals surface area contributed by atoms with Crippen LogP contribution in [0, 0.1) is 20.2 Å². The second kappa shape index (κ2) is 5.50. The molecule has 0 atom stereocenters. The van der Waals surface area contributed by atoms with Gasteiger partial charge in [0.05, 0.1) is 15.9 Å². The number of hydrogen-bond donors (Lipinski definition) is 0. The first kappa shape index (κ1) is 15.3. The normalized spacial score (nSPS) is 10.9. The predicted molar refractivity (Wildman–Crippen MR) is 55.6 cm³/mol. The molecule has 0 bridgehead atoms. The minimum atomic E-state index is -5.22. The Morgan fingerprint density at radius 3 is 1.90 bits per heavy atom. The number of benzene rings is 1. The molecule has 20 heavy (non-hydrogen) atoms. The van der Waals surface area contributed by atoms with Gasteiger partial charge in [-0.25, -0.2) is 4.79 Å². The number of carbonyl (C=O) groups excluding carboxylic acids is 1. The van der Waals surface area contributed by atoms with E-state index in [0.29, 0.717) is 6.07 Å². The number of hydrogen-bond acceptors (Lipinski definition) is 6. The number of nitrogens with zero attached hydrogens (tertiary/aromatic N) is 2. The molecule has 0 aliphatic rings. The van der Waals surface area contributed by atoms with E-state index < -0.39 is 40.0 Å². The minimum Gasteiger partial charge on any atom is -0.454 e. The van der Waals surface area contributed by atoms with E-state index in [9.17, 15) is 38.2 Å². The first-order chi connectivity index (χ1) is 9.11. The number of nitro benzene ring substituents is 2. The molecule has 1 aromatic rings. The zero-order valence-electron chi connectivity index (χ0n) is 9.42. The van der Waals surface area contributed by atoms with Gasteiger partial charge in [-0.15, -0.1) is 0 Å². The molecule has 108 valence electrons. The standard InChI is InChI=1S/C9H5F3N2O6/c10-9(11,12)8(15)20-4-5-1-6(13(16)17)3-7(2-5)14(18)19/h1-3H,4H2. The highest BCUT2D eigenvalue weighted by Gasteiger charge is 2.41. The van der Waals surface area contributed by atoms with E-state index in [1.807, 2.05) is 0 Å². The number of rotatable bonds is 4. The Labute approximate surface area is 108 Å². The minimum absolute atomic E-state index is 0.302. The van der Waals surface area contributed by atoms with Crippen molar-refractivity contribution in [3.8, 4) is 0 Å². The van der Waals surface area contributed by atoms with Gasteiger partial charge >= 0.3 is 12.1 Å². The second-order valence-electron chi connectivity index (χ2n) is 3.45. The fraction of sp³-hybridized carbons (Fsp3) is 0.222. The Kier molecular flexibility index (Phi) is 4.22. The molecule has 0 fully saturated rings. The van der Waals surface area contributed by atoms with E-state index in [-0.39, 0.29) is 5.56 Å². The van der Waals surface area contributed by atoms with Crippen LogP contribution in [0.1, 0.15) is 5.56 Å². The average Bonchev–Trinajstić information content (AvgIpc) is 2.34. The number of non-ortho nitro benzene ring substituents is 2. The zero-order chi connectivity index (χ0) is 15.5. The summed E-state index contributed by atoms with van der Waals surface area (Å²) >= 11 is 0. The van der Waals surface area contributed by atoms with Gasteiger partial charge < -0.3 is 4.74 Å². The molecule has 0 radical (unpaired) electrons. The molecule has 0 amide bonds. The van der Waals surface area contributed by atoms with Crippen LogP contribution >= 0.6 is 0 Å². The Hall–Kier alpha value is -2.72. The molecule has 0 heterocycles. The monoisotopic (exact) mass is 294 g/mol. The quantitative estimate of drug-likeness (QED) is 0.477. The SMILES string of the molecule is O=C(OCc1cc([N+](=O)[O-])cc([N+](=O)[O-])c1)C(F)(F)F. The smallest absolute Gasteiger partial charge is 0.454 e. The van der Waals surface area contributed by atoms with Crippen LogP contribution < -0.4 is 0 Å². The van der Waals surface area contributed by atoms with Crippen LogP contribution in [0.25, 0.3) is 0 Å². The lowest BCUT2D eigenvalue weighted by atomic mass is 10.2. The first-order valence-electron chi connectivity index (χ1n) is 4.78. The lowest BCUT2D eigenvalue weighted by Crippen LogP contribution is -2.25. The highest BCUT2D eigenvalue weighted by Crippen LogP contribution is 2.24. The van der Waals surface area contributed by atoms with Gasteiger partial charge in [0.15, 0.2) is 0 Å². The Bertz CT molecular complexity index is 539. The number of alkyl halides is 3. The molecule has 0 aromatic heterocycles. The van der Waals surface area contributed by atoms with Gasteiger partial charge in [-0.05, 0) is 0 Å². The summed E-state index contributed by atoms with van der Waals surface area (Å²) in [6.45, 7) is -0.971. The van der Waals surface area contributed by atoms with Gasteiger partial charge in [0.25, 0.3) is 11.4 Å². The fourth-order valence-electron chi connectivity index (χ4n) is 1.18. The molecule has 11 heteroatoms. The molecule has 0 saturated heterocycles. The summed E-state index contributed by atoms with van der Waals surface area (Å²) in [6.07, 6.45) is -5.22. The van der Waals surface area contributed by atoms with Crippen molar-refractivity contribution < 1.29 is 32.5 Å². The van der Waals surface area contributed by atoms with Gasteiger partial charge in [-0.1, -0.05) is 0 Å². The second-order valence-corrected chi connectivity index (χ2v) is 3.45. The first-order valence-corrected chi connectivity index (χ1v) is 4.78. The zero-order valence-corrected chi connectivity index (χ0v) is 9.42. The molecule has 0 N–H and O–H groups in total. The van der Waals surface area contributed by atoms with Crippen molar-refractivity contribution in [1.29, 1.82) is 0 Å². The van der Waals surface area contributed by atoms with Crippen LogP contribution in [0.4, 0.5) is 24.5 Å². The summed E-state index contributed by atoms with van der Waals surface area (Å²) in [4.78, 5) is 29.6. The molecule has 8 nitrogen and oxygen atoms in total. The Balaban J connectivity index is 2.98. The third kappa shape index (κ3) is 3.90. The van der Waals surface area contributed by atoms with Gasteiger partial charge in [0, 0.05) is 17.7 Å². The average molecular weight is 294 g/mol. The number of ether oxygens (including phenoxy) is 1. The molecule has 1 aromatic carbocycles. The van der Waals surface area contributed by atoms with Crippen LogP contribution in [-0.4, -0.2) is 22.0 Å². The van der Waals surface area contributed by atoms with Gasteiger partial charge in [0.2, 0.25) is 0 Å². The van der Waals surface area contributed by atoms with E-state index in [1.54, 1.807) is 0 Å². The van der Waals surface area contributed by atoms with Gasteiger partial charge in [-0.2, -0.15) is 13.2 Å². The Morgan fingerprint density at radius 1 is 1.10 bits per heavy atom. The topological polar surface area (TPSA) is 113 Å². The van der Waals surface area contributed by atoms with Crippen LogP contribution in [0.3, 0.4) is 0 Å². The van der Waals surface area contributed by atoms with Gasteiger partial charge in [-0.3, -0.25) is 20.2 Å². The van der Waals surface area contributed by atoms with Crippen molar-refractivity contribution in [2.75, 3.05) is 0 Å². The molecule has 0 spiro atoms. The van der Waals surface area contributed by atoms with E-state index >= 15 is 0 Å². The molecule has 0 saturated carbocycles. The molecular formula is C9H5F3N2O6. The summed E-state index contributed by atoms with van der Waals surface area (Å²) < 4.78 is 39.5. The Morgan fingerprint density at radius 2 is 1.55 bits per heavy atom. The van der Waals surface area contributed by atoms with E-state index in [1.165, 1.54) is 0 Å². The highest BCUT2D eigenvalue weighted by atomic mass is 19.4. The summed E-state index contributed by atoms with van der Waals surface area (Å²) in [7, 11) is 0. The fourth-order valence-corrected chi connectivity index (χ4v) is 1.18. The number of halogens is 3. The largest absolute Gasteiger partial charge is 0.490 e. The third-order valence-electron chi connectivity index (χ3n) is 1.99. The maximum Gasteiger partial charge on any atom is 0.490 e. The van der Waals surface area contributed by atoms with Crippen LogP contribution in [0.15, 0.2) is 18.2 Å². The number of carbonyl (C=O) groups is 1. The summed E-state index contributed by atoms with van der Waals surface area (Å²) in [5.41, 5.74) is -1.70. The lowest BCUT2D eigenvalue weighted by molar-refractivity contribution is -0.394. The molecule has 0 unspecified atom stereocenters. The van der Waals surface area contributed by atoms with Crippen molar-refractivity contribution in [2.45, 2.75) is 12.8 Å². The maximum absolute atomic E-state index is 11.9. The van der Waals surface area contributed by atoms with Crippen LogP contribution in [0.2, 0.25) is 0 Å². The maximum atomic E-state index is 11.9. The summed E-state index contributed by atoms with van der Waals surface area (Å²) in [5, 5.41) is 21.0. The van der Waals surface area contributed by atoms with E-state index in [2.05, 4.69) is 4.74 Å². The van der Waals surface area contributed by atoms with Crippen molar-refractivity contribution in [2.24, 2.45) is 0 Å². The van der Waals surface area contributed by atoms with Crippen molar-refractivity contribution in [3.05, 3.63) is 44.0 Å². The van der Waals surface area contributed by atoms with Crippen LogP contribution in [-0.2, 0) is 16.1 Å². The number of nitro groups is 2. The van der Waals surface area contributed by atoms with E-state index in [4.69, 9.17) is 0 Å². The number of esters is 1. The molecule has 1 rings (SSSR count). The van der Waals surface area contributed by atoms with Crippen LogP contribution in [0.5, 0.6) is 0 Å². The van der Waals surface area contributed by atoms with Gasteiger partial charge in [0.1, 0.15) is 6.61 Å². The van der Waals surface area contributed by atoms with E-state index in [0.717, 1.165) is 12.1 Å².